The monoisotopic (exact) mass is 374 g/mol. The zero-order valence-electron chi connectivity index (χ0n) is 15.2. The number of Topliss-reactive ketones (excluding diaryl/α,β-unsaturated/α-hetero) is 1. The van der Waals surface area contributed by atoms with Crippen LogP contribution in [-0.2, 0) is 11.3 Å². The molecule has 0 saturated carbocycles. The van der Waals surface area contributed by atoms with E-state index < -0.39 is 29.1 Å². The molecular formula is C19H19FN2O5. The van der Waals surface area contributed by atoms with E-state index in [0.717, 1.165) is 4.57 Å². The summed E-state index contributed by atoms with van der Waals surface area (Å²) in [5.74, 6) is -2.02. The summed E-state index contributed by atoms with van der Waals surface area (Å²) in [7, 11) is 1.41. The maximum Gasteiger partial charge on any atom is 0.271 e. The van der Waals surface area contributed by atoms with Gasteiger partial charge < -0.3 is 14.6 Å². The predicted octanol–water partition coefficient (Wildman–Crippen LogP) is 2.17. The largest absolute Gasteiger partial charge is 0.494 e. The molecule has 1 aromatic heterocycles. The Labute approximate surface area is 155 Å². The number of ether oxygens (including phenoxy) is 2. The van der Waals surface area contributed by atoms with Crippen molar-refractivity contribution in [3.8, 4) is 17.7 Å². The number of ketones is 1. The molecule has 8 heteroatoms. The van der Waals surface area contributed by atoms with Crippen molar-refractivity contribution in [3.63, 3.8) is 0 Å². The maximum absolute atomic E-state index is 13.8. The number of pyridine rings is 1. The summed E-state index contributed by atoms with van der Waals surface area (Å²) >= 11 is 0. The van der Waals surface area contributed by atoms with Gasteiger partial charge in [-0.3, -0.25) is 14.2 Å². The molecule has 142 valence electrons. The number of carbonyl (C=O) groups excluding carboxylic acids is 1. The van der Waals surface area contributed by atoms with Crippen molar-refractivity contribution >= 4 is 5.78 Å². The third-order valence-corrected chi connectivity index (χ3v) is 4.08. The normalized spacial score (nSPS) is 11.7. The second-order valence-electron chi connectivity index (χ2n) is 5.81. The second-order valence-corrected chi connectivity index (χ2v) is 5.81. The number of rotatable bonds is 7. The fourth-order valence-corrected chi connectivity index (χ4v) is 2.62. The van der Waals surface area contributed by atoms with Crippen molar-refractivity contribution in [1.82, 2.24) is 4.57 Å². The first kappa shape index (κ1) is 20.1. The Morgan fingerprint density at radius 2 is 2.07 bits per heavy atom. The molecule has 1 unspecified atom stereocenters. The van der Waals surface area contributed by atoms with E-state index in [1.807, 2.05) is 0 Å². The van der Waals surface area contributed by atoms with Crippen LogP contribution >= 0.6 is 0 Å². The summed E-state index contributed by atoms with van der Waals surface area (Å²) in [5, 5.41) is 19.8. The van der Waals surface area contributed by atoms with Crippen LogP contribution in [0, 0.1) is 24.1 Å². The topological polar surface area (TPSA) is 102 Å². The molecule has 0 fully saturated rings. The molecule has 0 aliphatic rings. The fourth-order valence-electron chi connectivity index (χ4n) is 2.62. The van der Waals surface area contributed by atoms with E-state index in [9.17, 15) is 24.3 Å². The van der Waals surface area contributed by atoms with Crippen molar-refractivity contribution in [2.45, 2.75) is 26.5 Å². The van der Waals surface area contributed by atoms with Crippen LogP contribution in [0.5, 0.6) is 11.6 Å². The number of hydrogen-bond acceptors (Lipinski definition) is 6. The molecule has 0 aliphatic heterocycles. The third-order valence-electron chi connectivity index (χ3n) is 4.08. The Bertz CT molecular complexity index is 962. The van der Waals surface area contributed by atoms with Gasteiger partial charge in [-0.1, -0.05) is 12.1 Å². The molecule has 27 heavy (non-hydrogen) atoms. The lowest BCUT2D eigenvalue weighted by molar-refractivity contribution is 0.0806. The maximum atomic E-state index is 13.8. The Kier molecular flexibility index (Phi) is 6.32. The lowest BCUT2D eigenvalue weighted by Gasteiger charge is -2.19. The van der Waals surface area contributed by atoms with Crippen LogP contribution in [-0.4, -0.2) is 35.3 Å². The van der Waals surface area contributed by atoms with Crippen molar-refractivity contribution in [3.05, 3.63) is 57.1 Å². The summed E-state index contributed by atoms with van der Waals surface area (Å²) in [4.78, 5) is 25.2. The lowest BCUT2D eigenvalue weighted by atomic mass is 9.99. The van der Waals surface area contributed by atoms with E-state index >= 15 is 0 Å². The molecule has 0 amide bonds. The lowest BCUT2D eigenvalue weighted by Crippen LogP contribution is -2.31. The number of aromatic hydroxyl groups is 1. The molecule has 2 rings (SSSR count). The van der Waals surface area contributed by atoms with Gasteiger partial charge in [0.15, 0.2) is 17.7 Å². The van der Waals surface area contributed by atoms with Crippen LogP contribution in [0.4, 0.5) is 4.39 Å². The molecule has 0 bridgehead atoms. The van der Waals surface area contributed by atoms with Crippen molar-refractivity contribution in [1.29, 1.82) is 5.26 Å². The molecule has 0 aliphatic carbocycles. The van der Waals surface area contributed by atoms with Crippen LogP contribution in [0.15, 0.2) is 29.1 Å². The van der Waals surface area contributed by atoms with Crippen LogP contribution in [0.2, 0.25) is 0 Å². The number of halogens is 1. The zero-order chi connectivity index (χ0) is 20.1. The van der Waals surface area contributed by atoms with Crippen LogP contribution in [0.25, 0.3) is 0 Å². The van der Waals surface area contributed by atoms with E-state index in [-0.39, 0.29) is 35.6 Å². The van der Waals surface area contributed by atoms with E-state index in [2.05, 4.69) is 0 Å². The Hall–Kier alpha value is -3.18. The summed E-state index contributed by atoms with van der Waals surface area (Å²) < 4.78 is 24.9. The SMILES string of the molecule is COCCn1c(O)c(C(=O)C(C)Oc2ccccc2F)c(C)c(C#N)c1=O. The standard InChI is InChI=1S/C19H19FN2O5/c1-11-13(10-21)18(24)22(8-9-26-3)19(25)16(11)17(23)12(2)27-15-7-5-4-6-14(15)20/h4-7,12,25H,8-9H2,1-3H3. The molecule has 1 N–H and O–H groups in total. The molecular weight excluding hydrogens is 355 g/mol. The molecule has 0 spiro atoms. The smallest absolute Gasteiger partial charge is 0.271 e. The number of methoxy groups -OCH3 is 1. The van der Waals surface area contributed by atoms with Gasteiger partial charge in [-0.2, -0.15) is 5.26 Å². The Morgan fingerprint density at radius 3 is 2.67 bits per heavy atom. The van der Waals surface area contributed by atoms with Gasteiger partial charge >= 0.3 is 0 Å². The molecule has 1 aromatic carbocycles. The van der Waals surface area contributed by atoms with Crippen LogP contribution in [0.3, 0.4) is 0 Å². The highest BCUT2D eigenvalue weighted by Crippen LogP contribution is 2.25. The van der Waals surface area contributed by atoms with Gasteiger partial charge in [0.2, 0.25) is 11.7 Å². The summed E-state index contributed by atoms with van der Waals surface area (Å²) in [6.07, 6.45) is -1.16. The number of benzene rings is 1. The number of carbonyl (C=O) groups is 1. The minimum Gasteiger partial charge on any atom is -0.494 e. The number of nitrogens with zero attached hydrogens (tertiary/aromatic N) is 2. The van der Waals surface area contributed by atoms with Gasteiger partial charge in [0.1, 0.15) is 11.6 Å². The summed E-state index contributed by atoms with van der Waals surface area (Å²) in [6.45, 7) is 2.84. The van der Waals surface area contributed by atoms with Crippen molar-refractivity contribution < 1.29 is 23.8 Å². The van der Waals surface area contributed by atoms with Gasteiger partial charge in [0, 0.05) is 7.11 Å². The van der Waals surface area contributed by atoms with Gasteiger partial charge in [-0.05, 0) is 31.5 Å². The van der Waals surface area contributed by atoms with E-state index in [1.165, 1.54) is 39.2 Å². The number of hydrogen-bond donors (Lipinski definition) is 1. The van der Waals surface area contributed by atoms with Crippen LogP contribution < -0.4 is 10.3 Å². The third kappa shape index (κ3) is 3.99. The molecule has 1 heterocycles. The van der Waals surface area contributed by atoms with Crippen molar-refractivity contribution in [2.24, 2.45) is 0 Å². The van der Waals surface area contributed by atoms with Gasteiger partial charge in [-0.25, -0.2) is 4.39 Å². The highest BCUT2D eigenvalue weighted by Gasteiger charge is 2.28. The highest BCUT2D eigenvalue weighted by molar-refractivity contribution is 6.03. The quantitative estimate of drug-likeness (QED) is 0.746. The minimum absolute atomic E-state index is 0.0427. The molecule has 1 atom stereocenters. The van der Waals surface area contributed by atoms with E-state index in [0.29, 0.717) is 0 Å². The number of nitriles is 1. The average Bonchev–Trinajstić information content (AvgIpc) is 2.63. The average molecular weight is 374 g/mol. The summed E-state index contributed by atoms with van der Waals surface area (Å²) in [5.41, 5.74) is -1.15. The van der Waals surface area contributed by atoms with Crippen LogP contribution in [0.1, 0.15) is 28.4 Å². The Morgan fingerprint density at radius 1 is 1.41 bits per heavy atom. The van der Waals surface area contributed by atoms with E-state index in [4.69, 9.17) is 9.47 Å². The fraction of sp³-hybridized carbons (Fsp3) is 0.316. The molecule has 7 nitrogen and oxygen atoms in total. The van der Waals surface area contributed by atoms with Gasteiger partial charge in [-0.15, -0.1) is 0 Å². The molecule has 0 radical (unpaired) electrons. The zero-order valence-corrected chi connectivity index (χ0v) is 15.2. The first-order valence-corrected chi connectivity index (χ1v) is 8.14. The Balaban J connectivity index is 2.50. The highest BCUT2D eigenvalue weighted by atomic mass is 19.1. The summed E-state index contributed by atoms with van der Waals surface area (Å²) in [6, 6.07) is 7.35. The minimum atomic E-state index is -1.16. The molecule has 2 aromatic rings. The first-order valence-electron chi connectivity index (χ1n) is 8.14. The van der Waals surface area contributed by atoms with E-state index in [1.54, 1.807) is 12.1 Å². The number of aromatic nitrogens is 1. The number of para-hydroxylation sites is 1. The van der Waals surface area contributed by atoms with Crippen molar-refractivity contribution in [2.75, 3.05) is 13.7 Å². The van der Waals surface area contributed by atoms with Gasteiger partial charge in [0.05, 0.1) is 18.7 Å². The molecule has 0 saturated heterocycles. The first-order chi connectivity index (χ1) is 12.8. The van der Waals surface area contributed by atoms with Gasteiger partial charge in [0.25, 0.3) is 5.56 Å². The second kappa shape index (κ2) is 8.47. The predicted molar refractivity (Wildman–Crippen MR) is 94.5 cm³/mol.